The van der Waals surface area contributed by atoms with Gasteiger partial charge in [-0.2, -0.15) is 5.10 Å². The van der Waals surface area contributed by atoms with Gasteiger partial charge in [-0.05, 0) is 23.1 Å². The molecule has 2 aromatic carbocycles. The number of hydrogen-bond donors (Lipinski definition) is 2. The highest BCUT2D eigenvalue weighted by Crippen LogP contribution is 2.37. The maximum absolute atomic E-state index is 14.7. The van der Waals surface area contributed by atoms with E-state index in [9.17, 15) is 12.8 Å². The van der Waals surface area contributed by atoms with Gasteiger partial charge in [0.05, 0.1) is 5.02 Å². The molecule has 132 valence electrons. The van der Waals surface area contributed by atoms with Crippen LogP contribution in [0.2, 0.25) is 5.02 Å². The van der Waals surface area contributed by atoms with Crippen LogP contribution in [0.3, 0.4) is 0 Å². The van der Waals surface area contributed by atoms with Crippen LogP contribution in [0.1, 0.15) is 0 Å². The molecule has 4 aromatic rings. The Morgan fingerprint density at radius 1 is 1.15 bits per heavy atom. The molecule has 0 unspecified atom stereocenters. The molecule has 0 aliphatic carbocycles. The number of halogens is 2. The Bertz CT molecular complexity index is 1190. The number of thiophene rings is 1. The van der Waals surface area contributed by atoms with Crippen molar-refractivity contribution in [3.8, 4) is 11.1 Å². The predicted octanol–water partition coefficient (Wildman–Crippen LogP) is 4.88. The number of anilines is 1. The molecule has 0 saturated heterocycles. The van der Waals surface area contributed by atoms with E-state index in [0.717, 1.165) is 11.3 Å². The molecule has 0 radical (unpaired) electrons. The molecule has 0 aliphatic rings. The van der Waals surface area contributed by atoms with Crippen molar-refractivity contribution in [1.82, 2.24) is 10.2 Å². The van der Waals surface area contributed by atoms with Crippen LogP contribution in [0, 0.1) is 5.82 Å². The second kappa shape index (κ2) is 6.39. The summed E-state index contributed by atoms with van der Waals surface area (Å²) in [5, 5.41) is 8.33. The van der Waals surface area contributed by atoms with Gasteiger partial charge >= 0.3 is 0 Å². The predicted molar refractivity (Wildman–Crippen MR) is 102 cm³/mol. The molecule has 2 heterocycles. The highest BCUT2D eigenvalue weighted by atomic mass is 35.5. The molecule has 26 heavy (non-hydrogen) atoms. The van der Waals surface area contributed by atoms with Crippen LogP contribution in [0.4, 0.5) is 10.2 Å². The molecule has 4 rings (SSSR count). The topological polar surface area (TPSA) is 74.8 Å². The molecule has 0 atom stereocenters. The van der Waals surface area contributed by atoms with Gasteiger partial charge in [-0.25, -0.2) is 12.8 Å². The van der Waals surface area contributed by atoms with Crippen molar-refractivity contribution in [2.24, 2.45) is 0 Å². The largest absolute Gasteiger partial charge is 0.273 e. The van der Waals surface area contributed by atoms with E-state index in [1.54, 1.807) is 29.6 Å². The SMILES string of the molecule is O=S(=O)(Nc1n[nH]c2c(F)c(Cl)c(-c3ccccc3)cc12)c1cccs1. The Labute approximate surface area is 157 Å². The fraction of sp³-hybridized carbons (Fsp3) is 0. The molecule has 0 spiro atoms. The maximum Gasteiger partial charge on any atom is 0.272 e. The second-order valence-corrected chi connectivity index (χ2v) is 8.69. The van der Waals surface area contributed by atoms with Crippen LogP contribution in [0.15, 0.2) is 58.1 Å². The summed E-state index contributed by atoms with van der Waals surface area (Å²) < 4.78 is 42.1. The third-order valence-electron chi connectivity index (χ3n) is 3.82. The summed E-state index contributed by atoms with van der Waals surface area (Å²) >= 11 is 7.25. The first-order valence-corrected chi connectivity index (χ1v) is 10.2. The Morgan fingerprint density at radius 3 is 2.62 bits per heavy atom. The van der Waals surface area contributed by atoms with Crippen molar-refractivity contribution < 1.29 is 12.8 Å². The van der Waals surface area contributed by atoms with Crippen LogP contribution in [-0.4, -0.2) is 18.6 Å². The lowest BCUT2D eigenvalue weighted by Crippen LogP contribution is -2.11. The molecule has 0 saturated carbocycles. The van der Waals surface area contributed by atoms with E-state index in [0.29, 0.717) is 16.5 Å². The van der Waals surface area contributed by atoms with Crippen molar-refractivity contribution in [2.75, 3.05) is 4.72 Å². The van der Waals surface area contributed by atoms with Gasteiger partial charge in [-0.3, -0.25) is 9.82 Å². The highest BCUT2D eigenvalue weighted by Gasteiger charge is 2.22. The lowest BCUT2D eigenvalue weighted by molar-refractivity contribution is 0.603. The van der Waals surface area contributed by atoms with E-state index in [1.165, 1.54) is 6.07 Å². The number of aromatic amines is 1. The Hall–Kier alpha value is -2.42. The van der Waals surface area contributed by atoms with Gasteiger partial charge in [0.25, 0.3) is 10.0 Å². The van der Waals surface area contributed by atoms with Crippen molar-refractivity contribution in [3.63, 3.8) is 0 Å². The number of fused-ring (bicyclic) bond motifs is 1. The summed E-state index contributed by atoms with van der Waals surface area (Å²) in [5.41, 5.74) is 1.21. The number of nitrogens with one attached hydrogen (secondary N) is 2. The van der Waals surface area contributed by atoms with Gasteiger partial charge in [0.2, 0.25) is 0 Å². The van der Waals surface area contributed by atoms with E-state index < -0.39 is 15.8 Å². The number of aromatic nitrogens is 2. The first-order valence-electron chi connectivity index (χ1n) is 7.45. The number of hydrogen-bond acceptors (Lipinski definition) is 4. The monoisotopic (exact) mass is 407 g/mol. The number of nitrogens with zero attached hydrogens (tertiary/aromatic N) is 1. The van der Waals surface area contributed by atoms with Gasteiger partial charge in [-0.15, -0.1) is 11.3 Å². The van der Waals surface area contributed by atoms with Crippen molar-refractivity contribution >= 4 is 49.7 Å². The van der Waals surface area contributed by atoms with Crippen LogP contribution < -0.4 is 4.72 Å². The van der Waals surface area contributed by atoms with Gasteiger partial charge in [-0.1, -0.05) is 48.0 Å². The zero-order valence-corrected chi connectivity index (χ0v) is 15.4. The Morgan fingerprint density at radius 2 is 1.92 bits per heavy atom. The molecular weight excluding hydrogens is 397 g/mol. The number of rotatable bonds is 4. The van der Waals surface area contributed by atoms with Crippen LogP contribution >= 0.6 is 22.9 Å². The fourth-order valence-corrected chi connectivity index (χ4v) is 4.87. The van der Waals surface area contributed by atoms with E-state index in [2.05, 4.69) is 14.9 Å². The third kappa shape index (κ3) is 2.86. The van der Waals surface area contributed by atoms with E-state index in [-0.39, 0.29) is 20.6 Å². The Balaban J connectivity index is 1.87. The average molecular weight is 408 g/mol. The molecule has 0 bridgehead atoms. The van der Waals surface area contributed by atoms with Gasteiger partial charge < -0.3 is 0 Å². The van der Waals surface area contributed by atoms with Crippen LogP contribution in [-0.2, 0) is 10.0 Å². The second-order valence-electron chi connectivity index (χ2n) is 5.45. The molecule has 0 amide bonds. The van der Waals surface area contributed by atoms with E-state index >= 15 is 0 Å². The van der Waals surface area contributed by atoms with Crippen LogP contribution in [0.25, 0.3) is 22.0 Å². The summed E-state index contributed by atoms with van der Waals surface area (Å²) in [6.45, 7) is 0. The first kappa shape index (κ1) is 17.0. The molecular formula is C17H11ClFN3O2S2. The zero-order chi connectivity index (χ0) is 18.3. The minimum Gasteiger partial charge on any atom is -0.273 e. The lowest BCUT2D eigenvalue weighted by atomic mass is 10.0. The minimum absolute atomic E-state index is 0.0150. The quantitative estimate of drug-likeness (QED) is 0.506. The van der Waals surface area contributed by atoms with Crippen molar-refractivity contribution in [3.05, 3.63) is 64.8 Å². The minimum atomic E-state index is -3.80. The summed E-state index contributed by atoms with van der Waals surface area (Å²) in [5.74, 6) is -0.668. The Kier molecular flexibility index (Phi) is 4.18. The maximum atomic E-state index is 14.7. The summed E-state index contributed by atoms with van der Waals surface area (Å²) in [4.78, 5) is 0. The van der Waals surface area contributed by atoms with E-state index in [1.807, 2.05) is 18.2 Å². The first-order chi connectivity index (χ1) is 12.5. The number of H-pyrrole nitrogens is 1. The van der Waals surface area contributed by atoms with Gasteiger partial charge in [0, 0.05) is 10.9 Å². The summed E-state index contributed by atoms with van der Waals surface area (Å²) in [7, 11) is -3.80. The lowest BCUT2D eigenvalue weighted by Gasteiger charge is -2.08. The van der Waals surface area contributed by atoms with E-state index in [4.69, 9.17) is 11.6 Å². The standard InChI is InChI=1S/C17H11ClFN3O2S2/c18-14-11(10-5-2-1-3-6-10)9-12-16(15(14)19)20-21-17(12)22-26(23,24)13-7-4-8-25-13/h1-9H,(H2,20,21,22). The number of sulfonamides is 1. The molecule has 2 N–H and O–H groups in total. The highest BCUT2D eigenvalue weighted by molar-refractivity contribution is 7.94. The smallest absolute Gasteiger partial charge is 0.272 e. The molecule has 5 nitrogen and oxygen atoms in total. The fourth-order valence-electron chi connectivity index (χ4n) is 2.59. The molecule has 0 fully saturated rings. The van der Waals surface area contributed by atoms with Gasteiger partial charge in [0.15, 0.2) is 11.6 Å². The average Bonchev–Trinajstić information content (AvgIpc) is 3.29. The molecule has 2 aromatic heterocycles. The molecule has 0 aliphatic heterocycles. The van der Waals surface area contributed by atoms with Gasteiger partial charge in [0.1, 0.15) is 9.73 Å². The van der Waals surface area contributed by atoms with Crippen LogP contribution in [0.5, 0.6) is 0 Å². The number of benzene rings is 2. The van der Waals surface area contributed by atoms with Crippen molar-refractivity contribution in [1.29, 1.82) is 0 Å². The zero-order valence-electron chi connectivity index (χ0n) is 13.0. The molecule has 9 heteroatoms. The normalized spacial score (nSPS) is 11.8. The summed E-state index contributed by atoms with van der Waals surface area (Å²) in [6.07, 6.45) is 0. The third-order valence-corrected chi connectivity index (χ3v) is 6.92. The van der Waals surface area contributed by atoms with Crippen molar-refractivity contribution in [2.45, 2.75) is 4.21 Å². The summed E-state index contributed by atoms with van der Waals surface area (Å²) in [6, 6.07) is 13.8.